The van der Waals surface area contributed by atoms with Crippen LogP contribution < -0.4 is 0 Å². The summed E-state index contributed by atoms with van der Waals surface area (Å²) in [6.07, 6.45) is 2.20. The molecule has 1 nitrogen and oxygen atoms in total. The Hall–Kier alpha value is -1.50. The van der Waals surface area contributed by atoms with Gasteiger partial charge in [0.15, 0.2) is 0 Å². The maximum atomic E-state index is 9.66. The molecule has 0 aliphatic carbocycles. The minimum Gasteiger partial charge on any atom is -0.507 e. The van der Waals surface area contributed by atoms with E-state index in [1.807, 2.05) is 18.2 Å². The Labute approximate surface area is 84.0 Å². The summed E-state index contributed by atoms with van der Waals surface area (Å²) in [6.45, 7) is 2.17. The predicted molar refractivity (Wildman–Crippen MR) is 59.6 cm³/mol. The Bertz CT molecular complexity index is 446. The average molecular weight is 186 g/mol. The predicted octanol–water partition coefficient (Wildman–Crippen LogP) is 3.50. The van der Waals surface area contributed by atoms with Crippen LogP contribution in [0.15, 0.2) is 36.4 Å². The molecule has 2 rings (SSSR count). The van der Waals surface area contributed by atoms with E-state index in [1.165, 1.54) is 10.9 Å². The summed E-state index contributed by atoms with van der Waals surface area (Å²) in [6, 6.07) is 11.8. The fraction of sp³-hybridized carbons (Fsp3) is 0.231. The molecule has 0 atom stereocenters. The highest BCUT2D eigenvalue weighted by Crippen LogP contribution is 2.27. The van der Waals surface area contributed by atoms with E-state index < -0.39 is 0 Å². The van der Waals surface area contributed by atoms with Crippen molar-refractivity contribution in [3.8, 4) is 5.75 Å². The van der Waals surface area contributed by atoms with E-state index >= 15 is 0 Å². The summed E-state index contributed by atoms with van der Waals surface area (Å²) in [7, 11) is 0. The van der Waals surface area contributed by atoms with Gasteiger partial charge in [0.25, 0.3) is 0 Å². The summed E-state index contributed by atoms with van der Waals surface area (Å²) in [5.41, 5.74) is 1.32. The SMILES string of the molecule is CCCc1cccc2c(O)cccc12. The van der Waals surface area contributed by atoms with Gasteiger partial charge in [-0.1, -0.05) is 43.7 Å². The second kappa shape index (κ2) is 3.70. The van der Waals surface area contributed by atoms with Crippen LogP contribution in [-0.4, -0.2) is 5.11 Å². The maximum absolute atomic E-state index is 9.66. The molecule has 2 aromatic rings. The highest BCUT2D eigenvalue weighted by Gasteiger charge is 2.02. The first-order valence-corrected chi connectivity index (χ1v) is 5.02. The third-order valence-electron chi connectivity index (χ3n) is 2.51. The van der Waals surface area contributed by atoms with Gasteiger partial charge in [0.1, 0.15) is 5.75 Å². The van der Waals surface area contributed by atoms with Crippen molar-refractivity contribution >= 4 is 10.8 Å². The Morgan fingerprint density at radius 2 is 1.71 bits per heavy atom. The van der Waals surface area contributed by atoms with Crippen LogP contribution in [-0.2, 0) is 6.42 Å². The van der Waals surface area contributed by atoms with Gasteiger partial charge in [-0.05, 0) is 23.4 Å². The van der Waals surface area contributed by atoms with Crippen LogP contribution in [0, 0.1) is 0 Å². The maximum Gasteiger partial charge on any atom is 0.123 e. The van der Waals surface area contributed by atoms with Gasteiger partial charge in [-0.3, -0.25) is 0 Å². The lowest BCUT2D eigenvalue weighted by atomic mass is 10.0. The molecule has 0 saturated carbocycles. The summed E-state index contributed by atoms with van der Waals surface area (Å²) >= 11 is 0. The summed E-state index contributed by atoms with van der Waals surface area (Å²) < 4.78 is 0. The van der Waals surface area contributed by atoms with E-state index in [1.54, 1.807) is 6.07 Å². The number of aromatic hydroxyl groups is 1. The van der Waals surface area contributed by atoms with Crippen molar-refractivity contribution in [1.29, 1.82) is 0 Å². The molecule has 0 aromatic heterocycles. The molecule has 0 fully saturated rings. The largest absolute Gasteiger partial charge is 0.507 e. The van der Waals surface area contributed by atoms with Gasteiger partial charge in [-0.2, -0.15) is 0 Å². The number of phenols is 1. The van der Waals surface area contributed by atoms with E-state index in [-0.39, 0.29) is 0 Å². The Morgan fingerprint density at radius 3 is 2.50 bits per heavy atom. The van der Waals surface area contributed by atoms with Crippen LogP contribution in [0.25, 0.3) is 10.8 Å². The molecule has 1 N–H and O–H groups in total. The lowest BCUT2D eigenvalue weighted by Gasteiger charge is -2.06. The molecule has 72 valence electrons. The van der Waals surface area contributed by atoms with Gasteiger partial charge in [0.2, 0.25) is 0 Å². The third-order valence-corrected chi connectivity index (χ3v) is 2.51. The zero-order valence-corrected chi connectivity index (χ0v) is 8.33. The topological polar surface area (TPSA) is 20.2 Å². The summed E-state index contributed by atoms with van der Waals surface area (Å²) in [4.78, 5) is 0. The van der Waals surface area contributed by atoms with Crippen LogP contribution in [0.2, 0.25) is 0 Å². The minimum absolute atomic E-state index is 0.375. The monoisotopic (exact) mass is 186 g/mol. The molecule has 0 radical (unpaired) electrons. The average Bonchev–Trinajstić information content (AvgIpc) is 2.20. The van der Waals surface area contributed by atoms with Crippen molar-refractivity contribution in [1.82, 2.24) is 0 Å². The fourth-order valence-electron chi connectivity index (χ4n) is 1.85. The van der Waals surface area contributed by atoms with Crippen molar-refractivity contribution in [2.45, 2.75) is 19.8 Å². The molecule has 0 amide bonds. The molecule has 0 heterocycles. The number of aryl methyl sites for hydroxylation is 1. The van der Waals surface area contributed by atoms with E-state index in [0.29, 0.717) is 5.75 Å². The molecule has 0 spiro atoms. The van der Waals surface area contributed by atoms with E-state index in [0.717, 1.165) is 18.2 Å². The number of hydrogen-bond acceptors (Lipinski definition) is 1. The molecule has 0 bridgehead atoms. The standard InChI is InChI=1S/C13H14O/c1-2-5-10-6-3-8-12-11(10)7-4-9-13(12)14/h3-4,6-9,14H,2,5H2,1H3. The second-order valence-electron chi connectivity index (χ2n) is 3.54. The van der Waals surface area contributed by atoms with E-state index in [9.17, 15) is 5.11 Å². The molecular weight excluding hydrogens is 172 g/mol. The minimum atomic E-state index is 0.375. The molecule has 14 heavy (non-hydrogen) atoms. The number of fused-ring (bicyclic) bond motifs is 1. The van der Waals surface area contributed by atoms with Gasteiger partial charge >= 0.3 is 0 Å². The third kappa shape index (κ3) is 1.46. The number of rotatable bonds is 2. The summed E-state index contributed by atoms with van der Waals surface area (Å²) in [5, 5.41) is 11.8. The molecular formula is C13H14O. The molecule has 0 aliphatic rings. The Morgan fingerprint density at radius 1 is 1.00 bits per heavy atom. The number of hydrogen-bond donors (Lipinski definition) is 1. The fourth-order valence-corrected chi connectivity index (χ4v) is 1.85. The Balaban J connectivity index is 2.68. The first-order valence-electron chi connectivity index (χ1n) is 5.02. The van der Waals surface area contributed by atoms with Gasteiger partial charge in [0.05, 0.1) is 0 Å². The molecule has 0 saturated heterocycles. The molecule has 0 aliphatic heterocycles. The van der Waals surface area contributed by atoms with Gasteiger partial charge in [-0.25, -0.2) is 0 Å². The number of phenolic OH excluding ortho intramolecular Hbond substituents is 1. The lowest BCUT2D eigenvalue weighted by Crippen LogP contribution is -1.85. The molecule has 1 heteroatoms. The van der Waals surface area contributed by atoms with E-state index in [4.69, 9.17) is 0 Å². The van der Waals surface area contributed by atoms with Crippen LogP contribution in [0.4, 0.5) is 0 Å². The van der Waals surface area contributed by atoms with Crippen LogP contribution >= 0.6 is 0 Å². The summed E-state index contributed by atoms with van der Waals surface area (Å²) in [5.74, 6) is 0.375. The molecule has 0 unspecified atom stereocenters. The van der Waals surface area contributed by atoms with Crippen LogP contribution in [0.1, 0.15) is 18.9 Å². The number of benzene rings is 2. The first-order chi connectivity index (χ1) is 6.83. The zero-order valence-electron chi connectivity index (χ0n) is 8.33. The smallest absolute Gasteiger partial charge is 0.123 e. The van der Waals surface area contributed by atoms with Crippen molar-refractivity contribution < 1.29 is 5.11 Å². The van der Waals surface area contributed by atoms with Crippen molar-refractivity contribution in [2.24, 2.45) is 0 Å². The highest BCUT2D eigenvalue weighted by molar-refractivity contribution is 5.90. The second-order valence-corrected chi connectivity index (χ2v) is 3.54. The van der Waals surface area contributed by atoms with Crippen molar-refractivity contribution in [2.75, 3.05) is 0 Å². The highest BCUT2D eigenvalue weighted by atomic mass is 16.3. The van der Waals surface area contributed by atoms with Crippen LogP contribution in [0.3, 0.4) is 0 Å². The van der Waals surface area contributed by atoms with Crippen molar-refractivity contribution in [3.63, 3.8) is 0 Å². The van der Waals surface area contributed by atoms with Gasteiger partial charge < -0.3 is 5.11 Å². The molecule has 2 aromatic carbocycles. The van der Waals surface area contributed by atoms with Gasteiger partial charge in [0, 0.05) is 5.39 Å². The van der Waals surface area contributed by atoms with Crippen LogP contribution in [0.5, 0.6) is 5.75 Å². The first kappa shape index (κ1) is 9.07. The lowest BCUT2D eigenvalue weighted by molar-refractivity contribution is 0.481. The van der Waals surface area contributed by atoms with Gasteiger partial charge in [-0.15, -0.1) is 0 Å². The Kier molecular flexibility index (Phi) is 2.40. The zero-order chi connectivity index (χ0) is 9.97. The quantitative estimate of drug-likeness (QED) is 0.761. The normalized spacial score (nSPS) is 10.6. The van der Waals surface area contributed by atoms with Crippen molar-refractivity contribution in [3.05, 3.63) is 42.0 Å². The van der Waals surface area contributed by atoms with E-state index in [2.05, 4.69) is 19.1 Å².